The summed E-state index contributed by atoms with van der Waals surface area (Å²) in [6.07, 6.45) is 0. The molecule has 0 saturated heterocycles. The fraction of sp³-hybridized carbons (Fsp3) is 0. The summed E-state index contributed by atoms with van der Waals surface area (Å²) in [5.41, 5.74) is 0.878. The fourth-order valence-electron chi connectivity index (χ4n) is 2.05. The van der Waals surface area contributed by atoms with Gasteiger partial charge >= 0.3 is 0 Å². The highest BCUT2D eigenvalue weighted by molar-refractivity contribution is 6.45. The van der Waals surface area contributed by atoms with Gasteiger partial charge in [-0.25, -0.2) is 0 Å². The second-order valence-corrected chi connectivity index (χ2v) is 3.73. The van der Waals surface area contributed by atoms with Crippen LogP contribution in [0.5, 0.6) is 0 Å². The first-order valence-electron chi connectivity index (χ1n) is 5.02. The molecule has 0 unspecified atom stereocenters. The first-order chi connectivity index (χ1) is 7.36. The first-order valence-corrected chi connectivity index (χ1v) is 5.02. The van der Waals surface area contributed by atoms with E-state index in [4.69, 9.17) is 7.85 Å². The maximum Gasteiger partial charge on any atom is 0.115 e. The molecule has 0 aromatic heterocycles. The van der Waals surface area contributed by atoms with E-state index < -0.39 is 0 Å². The predicted octanol–water partition coefficient (Wildman–Crippen LogP) is 2.79. The average molecular weight is 188 g/mol. The van der Waals surface area contributed by atoms with Crippen molar-refractivity contribution in [2.24, 2.45) is 0 Å². The molecule has 0 aliphatic rings. The van der Waals surface area contributed by atoms with E-state index in [1.807, 2.05) is 24.3 Å². The Kier molecular flexibility index (Phi) is 1.78. The monoisotopic (exact) mass is 188 g/mol. The molecular formula is C14H9B. The van der Waals surface area contributed by atoms with Crippen molar-refractivity contribution in [3.05, 3.63) is 54.6 Å². The Morgan fingerprint density at radius 3 is 1.67 bits per heavy atom. The van der Waals surface area contributed by atoms with Crippen molar-refractivity contribution in [1.29, 1.82) is 0 Å². The molecular weight excluding hydrogens is 179 g/mol. The maximum atomic E-state index is 6.15. The van der Waals surface area contributed by atoms with Crippen molar-refractivity contribution in [1.82, 2.24) is 0 Å². The molecule has 3 aromatic carbocycles. The van der Waals surface area contributed by atoms with Crippen LogP contribution in [0.4, 0.5) is 0 Å². The molecule has 0 fully saturated rings. The number of benzene rings is 3. The molecule has 2 radical (unpaired) electrons. The van der Waals surface area contributed by atoms with Gasteiger partial charge in [-0.05, 0) is 27.6 Å². The minimum atomic E-state index is 0.878. The number of rotatable bonds is 0. The van der Waals surface area contributed by atoms with Gasteiger partial charge in [-0.3, -0.25) is 0 Å². The summed E-state index contributed by atoms with van der Waals surface area (Å²) in [7, 11) is 6.15. The predicted molar refractivity (Wildman–Crippen MR) is 66.8 cm³/mol. The van der Waals surface area contributed by atoms with Gasteiger partial charge in [0, 0.05) is 0 Å². The molecule has 0 amide bonds. The number of fused-ring (bicyclic) bond motifs is 2. The van der Waals surface area contributed by atoms with Crippen LogP contribution in [0.1, 0.15) is 0 Å². The average Bonchev–Trinajstić information content (AvgIpc) is 2.30. The van der Waals surface area contributed by atoms with Crippen LogP contribution in [0.15, 0.2) is 54.6 Å². The van der Waals surface area contributed by atoms with Crippen molar-refractivity contribution in [2.75, 3.05) is 0 Å². The molecule has 15 heavy (non-hydrogen) atoms. The van der Waals surface area contributed by atoms with Crippen LogP contribution >= 0.6 is 0 Å². The van der Waals surface area contributed by atoms with Gasteiger partial charge in [0.15, 0.2) is 0 Å². The van der Waals surface area contributed by atoms with Gasteiger partial charge in [-0.1, -0.05) is 54.0 Å². The van der Waals surface area contributed by atoms with Gasteiger partial charge in [0.1, 0.15) is 7.85 Å². The molecule has 0 nitrogen and oxygen atoms in total. The van der Waals surface area contributed by atoms with Gasteiger partial charge < -0.3 is 0 Å². The summed E-state index contributed by atoms with van der Waals surface area (Å²) < 4.78 is 0. The Balaban J connectivity index is 2.60. The van der Waals surface area contributed by atoms with E-state index in [9.17, 15) is 0 Å². The Bertz CT molecular complexity index is 587. The summed E-state index contributed by atoms with van der Waals surface area (Å²) in [6.45, 7) is 0. The fourth-order valence-corrected chi connectivity index (χ4v) is 2.05. The lowest BCUT2D eigenvalue weighted by Crippen LogP contribution is -2.05. The third-order valence-corrected chi connectivity index (χ3v) is 2.81. The highest BCUT2D eigenvalue weighted by atomic mass is 14.0. The zero-order valence-corrected chi connectivity index (χ0v) is 8.27. The molecule has 0 heterocycles. The molecule has 0 spiro atoms. The van der Waals surface area contributed by atoms with Crippen LogP contribution in [0.3, 0.4) is 0 Å². The van der Waals surface area contributed by atoms with E-state index >= 15 is 0 Å². The molecule has 0 N–H and O–H groups in total. The SMILES string of the molecule is [B]c1c2ccccc2cc2ccccc12. The lowest BCUT2D eigenvalue weighted by atomic mass is 9.85. The van der Waals surface area contributed by atoms with E-state index in [0.717, 1.165) is 16.2 Å². The van der Waals surface area contributed by atoms with Gasteiger partial charge in [0.2, 0.25) is 0 Å². The van der Waals surface area contributed by atoms with Gasteiger partial charge in [-0.2, -0.15) is 0 Å². The Morgan fingerprint density at radius 1 is 0.667 bits per heavy atom. The molecule has 0 saturated carbocycles. The van der Waals surface area contributed by atoms with Crippen molar-refractivity contribution >= 4 is 34.9 Å². The normalized spacial score (nSPS) is 10.9. The third kappa shape index (κ3) is 1.24. The zero-order valence-electron chi connectivity index (χ0n) is 8.27. The first kappa shape index (κ1) is 8.54. The summed E-state index contributed by atoms with van der Waals surface area (Å²) in [5, 5.41) is 4.68. The van der Waals surface area contributed by atoms with Gasteiger partial charge in [0.05, 0.1) is 0 Å². The Morgan fingerprint density at radius 2 is 1.13 bits per heavy atom. The topological polar surface area (TPSA) is 0 Å². The van der Waals surface area contributed by atoms with Crippen molar-refractivity contribution in [3.8, 4) is 0 Å². The minimum Gasteiger partial charge on any atom is -0.0813 e. The summed E-state index contributed by atoms with van der Waals surface area (Å²) in [5.74, 6) is 0. The van der Waals surface area contributed by atoms with Crippen molar-refractivity contribution in [3.63, 3.8) is 0 Å². The molecule has 0 bridgehead atoms. The highest BCUT2D eigenvalue weighted by Gasteiger charge is 2.01. The molecule has 1 heteroatoms. The lowest BCUT2D eigenvalue weighted by molar-refractivity contribution is 1.78. The molecule has 0 aliphatic carbocycles. The summed E-state index contributed by atoms with van der Waals surface area (Å²) in [6, 6.07) is 18.6. The molecule has 3 rings (SSSR count). The summed E-state index contributed by atoms with van der Waals surface area (Å²) >= 11 is 0. The van der Waals surface area contributed by atoms with E-state index in [2.05, 4.69) is 30.3 Å². The van der Waals surface area contributed by atoms with E-state index in [-0.39, 0.29) is 0 Å². The van der Waals surface area contributed by atoms with Crippen LogP contribution in [-0.4, -0.2) is 7.85 Å². The van der Waals surface area contributed by atoms with E-state index in [1.54, 1.807) is 0 Å². The maximum absolute atomic E-state index is 6.15. The molecule has 68 valence electrons. The number of hydrogen-bond donors (Lipinski definition) is 0. The second kappa shape index (κ2) is 3.13. The summed E-state index contributed by atoms with van der Waals surface area (Å²) in [4.78, 5) is 0. The van der Waals surface area contributed by atoms with Crippen LogP contribution < -0.4 is 5.46 Å². The van der Waals surface area contributed by atoms with Gasteiger partial charge in [-0.15, -0.1) is 0 Å². The molecule has 0 aliphatic heterocycles. The minimum absolute atomic E-state index is 0.878. The number of hydrogen-bond acceptors (Lipinski definition) is 0. The van der Waals surface area contributed by atoms with Crippen molar-refractivity contribution in [2.45, 2.75) is 0 Å². The Hall–Kier alpha value is -1.76. The van der Waals surface area contributed by atoms with Crippen LogP contribution in [0, 0.1) is 0 Å². The van der Waals surface area contributed by atoms with Crippen LogP contribution in [0.25, 0.3) is 21.5 Å². The standard InChI is InChI=1S/C14H9B/c15-14-12-7-3-1-5-10(12)9-11-6-2-4-8-13(11)14/h1-9H. The quantitative estimate of drug-likeness (QED) is 0.376. The van der Waals surface area contributed by atoms with Crippen LogP contribution in [-0.2, 0) is 0 Å². The van der Waals surface area contributed by atoms with E-state index in [0.29, 0.717) is 0 Å². The second-order valence-electron chi connectivity index (χ2n) is 3.73. The van der Waals surface area contributed by atoms with Gasteiger partial charge in [0.25, 0.3) is 0 Å². The van der Waals surface area contributed by atoms with Crippen molar-refractivity contribution < 1.29 is 0 Å². The smallest absolute Gasteiger partial charge is 0.0813 e. The van der Waals surface area contributed by atoms with E-state index in [1.165, 1.54) is 10.8 Å². The van der Waals surface area contributed by atoms with Crippen LogP contribution in [0.2, 0.25) is 0 Å². The lowest BCUT2D eigenvalue weighted by Gasteiger charge is -2.07. The highest BCUT2D eigenvalue weighted by Crippen LogP contribution is 2.19. The third-order valence-electron chi connectivity index (χ3n) is 2.81. The largest absolute Gasteiger partial charge is 0.115 e. The molecule has 3 aromatic rings. The molecule has 0 atom stereocenters. The zero-order chi connectivity index (χ0) is 10.3. The Labute approximate surface area is 89.9 Å².